The van der Waals surface area contributed by atoms with Gasteiger partial charge in [0, 0.05) is 17.8 Å². The van der Waals surface area contributed by atoms with E-state index in [1.165, 1.54) is 12.1 Å². The number of nitrogens with one attached hydrogen (secondary N) is 1. The third kappa shape index (κ3) is 7.33. The smallest absolute Gasteiger partial charge is 0.294 e. The van der Waals surface area contributed by atoms with Crippen molar-refractivity contribution in [1.29, 1.82) is 0 Å². The first-order chi connectivity index (χ1) is 19.5. The van der Waals surface area contributed by atoms with Crippen molar-refractivity contribution in [2.24, 2.45) is 0 Å². The van der Waals surface area contributed by atoms with Crippen LogP contribution < -0.4 is 14.8 Å². The second-order valence-electron chi connectivity index (χ2n) is 9.11. The zero-order chi connectivity index (χ0) is 29.7. The average molecular weight is 641 g/mol. The van der Waals surface area contributed by atoms with Crippen LogP contribution in [0.5, 0.6) is 11.5 Å². The fourth-order valence-corrected chi connectivity index (χ4v) is 5.35. The highest BCUT2D eigenvalue weighted by Gasteiger charge is 2.36. The lowest BCUT2D eigenvalue weighted by Gasteiger charge is -2.15. The van der Waals surface area contributed by atoms with Crippen molar-refractivity contribution in [2.75, 3.05) is 18.5 Å². The van der Waals surface area contributed by atoms with E-state index in [1.54, 1.807) is 30.3 Å². The molecule has 1 heterocycles. The van der Waals surface area contributed by atoms with Crippen molar-refractivity contribution < 1.29 is 28.8 Å². The monoisotopic (exact) mass is 639 g/mol. The molecule has 3 aromatic rings. The summed E-state index contributed by atoms with van der Waals surface area (Å²) in [6, 6.07) is 15.1. The summed E-state index contributed by atoms with van der Waals surface area (Å²) in [6.07, 6.45) is 1.56. The van der Waals surface area contributed by atoms with Crippen LogP contribution in [-0.2, 0) is 16.2 Å². The summed E-state index contributed by atoms with van der Waals surface area (Å²) in [5.74, 6) is -0.220. The number of aryl methyl sites for hydroxylation is 2. The Morgan fingerprint density at radius 1 is 1.10 bits per heavy atom. The van der Waals surface area contributed by atoms with Crippen LogP contribution in [0.3, 0.4) is 0 Å². The molecule has 12 heteroatoms. The molecule has 0 aliphatic carbocycles. The Morgan fingerprint density at radius 3 is 2.51 bits per heavy atom. The molecule has 1 N–H and O–H groups in total. The summed E-state index contributed by atoms with van der Waals surface area (Å²) in [7, 11) is 0. The van der Waals surface area contributed by atoms with Gasteiger partial charge < -0.3 is 14.8 Å². The topological polar surface area (TPSA) is 128 Å². The molecule has 212 valence electrons. The molecule has 3 aromatic carbocycles. The van der Waals surface area contributed by atoms with Gasteiger partial charge in [0.2, 0.25) is 5.91 Å². The first-order valence-corrected chi connectivity index (χ1v) is 14.1. The fourth-order valence-electron chi connectivity index (χ4n) is 3.94. The van der Waals surface area contributed by atoms with Crippen LogP contribution in [-0.4, -0.2) is 40.0 Å². The van der Waals surface area contributed by atoms with Gasteiger partial charge in [-0.25, -0.2) is 0 Å². The van der Waals surface area contributed by atoms with E-state index < -0.39 is 28.5 Å². The van der Waals surface area contributed by atoms with Crippen LogP contribution in [0.4, 0.5) is 16.2 Å². The second kappa shape index (κ2) is 13.0. The zero-order valence-electron chi connectivity index (χ0n) is 22.4. The number of non-ortho nitro benzene ring substituents is 1. The fraction of sp³-hybridized carbons (Fsp3) is 0.207. The average Bonchev–Trinajstić information content (AvgIpc) is 3.17. The van der Waals surface area contributed by atoms with Gasteiger partial charge in [0.25, 0.3) is 16.8 Å². The van der Waals surface area contributed by atoms with E-state index in [9.17, 15) is 24.5 Å². The predicted molar refractivity (Wildman–Crippen MR) is 160 cm³/mol. The standard InChI is InChI=1S/C29H26BrN3O7S/c1-4-39-24-13-20(12-22(30)27(24)40-16-19-7-9-21(10-8-19)33(37)38)14-25-28(35)32(29(36)41-25)15-26(34)31-23-11-17(2)5-6-18(23)3/h5-14H,4,15-16H2,1-3H3,(H,31,34)/b25-14+. The highest BCUT2D eigenvalue weighted by atomic mass is 79.9. The molecule has 1 saturated heterocycles. The van der Waals surface area contributed by atoms with Gasteiger partial charge in [-0.1, -0.05) is 12.1 Å². The summed E-state index contributed by atoms with van der Waals surface area (Å²) in [5, 5.41) is 13.1. The molecule has 3 amide bonds. The van der Waals surface area contributed by atoms with E-state index in [2.05, 4.69) is 21.2 Å². The number of amides is 3. The molecular formula is C29H26BrN3O7S. The summed E-state index contributed by atoms with van der Waals surface area (Å²) < 4.78 is 12.3. The summed E-state index contributed by atoms with van der Waals surface area (Å²) in [5.41, 5.74) is 3.76. The summed E-state index contributed by atoms with van der Waals surface area (Å²) >= 11 is 4.24. The third-order valence-corrected chi connectivity index (χ3v) is 7.50. The lowest BCUT2D eigenvalue weighted by molar-refractivity contribution is -0.384. The number of ether oxygens (including phenoxy) is 2. The SMILES string of the molecule is CCOc1cc(/C=C2/SC(=O)N(CC(=O)Nc3cc(C)ccc3C)C2=O)cc(Br)c1OCc1ccc([N+](=O)[O-])cc1. The molecule has 1 fully saturated rings. The number of nitrogens with zero attached hydrogens (tertiary/aromatic N) is 2. The van der Waals surface area contributed by atoms with Gasteiger partial charge in [0.05, 0.1) is 20.9 Å². The number of carbonyl (C=O) groups is 3. The Labute approximate surface area is 249 Å². The normalized spacial score (nSPS) is 14.0. The number of imide groups is 1. The molecule has 0 saturated carbocycles. The molecular weight excluding hydrogens is 614 g/mol. The van der Waals surface area contributed by atoms with Gasteiger partial charge in [-0.3, -0.25) is 29.4 Å². The Kier molecular flexibility index (Phi) is 9.46. The number of anilines is 1. The lowest BCUT2D eigenvalue weighted by atomic mass is 10.1. The van der Waals surface area contributed by atoms with E-state index >= 15 is 0 Å². The third-order valence-electron chi connectivity index (χ3n) is 6.00. The number of thioether (sulfide) groups is 1. The highest BCUT2D eigenvalue weighted by Crippen LogP contribution is 2.40. The molecule has 41 heavy (non-hydrogen) atoms. The Morgan fingerprint density at radius 2 is 1.83 bits per heavy atom. The minimum absolute atomic E-state index is 0.0132. The van der Waals surface area contributed by atoms with Crippen LogP contribution in [0.15, 0.2) is 64.0 Å². The maximum absolute atomic E-state index is 13.0. The molecule has 0 radical (unpaired) electrons. The van der Waals surface area contributed by atoms with Crippen LogP contribution in [0.2, 0.25) is 0 Å². The maximum Gasteiger partial charge on any atom is 0.294 e. The van der Waals surface area contributed by atoms with Crippen molar-refractivity contribution >= 4 is 62.2 Å². The van der Waals surface area contributed by atoms with Crippen LogP contribution in [0.1, 0.15) is 29.2 Å². The largest absolute Gasteiger partial charge is 0.490 e. The number of hydrogen-bond acceptors (Lipinski definition) is 8. The van der Waals surface area contributed by atoms with E-state index in [4.69, 9.17) is 9.47 Å². The van der Waals surface area contributed by atoms with Crippen molar-refractivity contribution in [3.63, 3.8) is 0 Å². The molecule has 10 nitrogen and oxygen atoms in total. The van der Waals surface area contributed by atoms with E-state index in [1.807, 2.05) is 39.0 Å². The minimum Gasteiger partial charge on any atom is -0.490 e. The van der Waals surface area contributed by atoms with Crippen LogP contribution in [0, 0.1) is 24.0 Å². The van der Waals surface area contributed by atoms with Gasteiger partial charge in [0.1, 0.15) is 13.2 Å². The highest BCUT2D eigenvalue weighted by molar-refractivity contribution is 9.10. The summed E-state index contributed by atoms with van der Waals surface area (Å²) in [4.78, 5) is 49.8. The zero-order valence-corrected chi connectivity index (χ0v) is 24.8. The molecule has 0 unspecified atom stereocenters. The molecule has 0 bridgehead atoms. The number of hydrogen-bond donors (Lipinski definition) is 1. The quantitative estimate of drug-likeness (QED) is 0.149. The second-order valence-corrected chi connectivity index (χ2v) is 11.0. The van der Waals surface area contributed by atoms with Gasteiger partial charge in [-0.05, 0) is 107 Å². The Balaban J connectivity index is 1.48. The van der Waals surface area contributed by atoms with Crippen molar-refractivity contribution in [1.82, 2.24) is 4.90 Å². The van der Waals surface area contributed by atoms with Crippen molar-refractivity contribution in [3.05, 3.63) is 96.3 Å². The van der Waals surface area contributed by atoms with E-state index in [-0.39, 0.29) is 17.2 Å². The number of halogens is 1. The molecule has 0 aromatic heterocycles. The number of nitro benzene ring substituents is 1. The molecule has 0 spiro atoms. The Hall–Kier alpha value is -4.16. The summed E-state index contributed by atoms with van der Waals surface area (Å²) in [6.45, 7) is 5.66. The first kappa shape index (κ1) is 29.8. The van der Waals surface area contributed by atoms with Gasteiger partial charge in [-0.15, -0.1) is 0 Å². The molecule has 4 rings (SSSR count). The molecule has 1 aliphatic heterocycles. The van der Waals surface area contributed by atoms with E-state index in [0.717, 1.165) is 33.4 Å². The number of benzene rings is 3. The van der Waals surface area contributed by atoms with Crippen LogP contribution >= 0.6 is 27.7 Å². The maximum atomic E-state index is 13.0. The minimum atomic E-state index is -0.566. The number of carbonyl (C=O) groups excluding carboxylic acids is 3. The van der Waals surface area contributed by atoms with Gasteiger partial charge in [-0.2, -0.15) is 0 Å². The van der Waals surface area contributed by atoms with Crippen molar-refractivity contribution in [2.45, 2.75) is 27.4 Å². The van der Waals surface area contributed by atoms with Crippen LogP contribution in [0.25, 0.3) is 6.08 Å². The number of nitro groups is 1. The lowest BCUT2D eigenvalue weighted by Crippen LogP contribution is -2.36. The van der Waals surface area contributed by atoms with Gasteiger partial charge in [0.15, 0.2) is 11.5 Å². The Bertz CT molecular complexity index is 1560. The van der Waals surface area contributed by atoms with E-state index in [0.29, 0.717) is 33.8 Å². The predicted octanol–water partition coefficient (Wildman–Crippen LogP) is 6.63. The first-order valence-electron chi connectivity index (χ1n) is 12.5. The molecule has 0 atom stereocenters. The number of rotatable bonds is 10. The molecule has 1 aliphatic rings. The van der Waals surface area contributed by atoms with Gasteiger partial charge >= 0.3 is 0 Å². The van der Waals surface area contributed by atoms with Crippen molar-refractivity contribution in [3.8, 4) is 11.5 Å².